The first kappa shape index (κ1) is 19.7. The van der Waals surface area contributed by atoms with Gasteiger partial charge < -0.3 is 4.57 Å². The van der Waals surface area contributed by atoms with E-state index in [1.165, 1.54) is 5.56 Å². The molecule has 1 saturated heterocycles. The molecule has 3 aromatic heterocycles. The molecular formula is C23H27N7O. The Kier molecular flexibility index (Phi) is 4.74. The number of pyridine rings is 1. The number of hydrogen-bond acceptors (Lipinski definition) is 6. The van der Waals surface area contributed by atoms with Crippen LogP contribution in [0.2, 0.25) is 0 Å². The van der Waals surface area contributed by atoms with Crippen LogP contribution in [0.15, 0.2) is 53.7 Å². The van der Waals surface area contributed by atoms with E-state index in [0.717, 1.165) is 35.2 Å². The van der Waals surface area contributed by atoms with Crippen LogP contribution in [0, 0.1) is 0 Å². The minimum atomic E-state index is -0.0211. The molecule has 1 aliphatic rings. The van der Waals surface area contributed by atoms with E-state index < -0.39 is 0 Å². The normalized spacial score (nSPS) is 21.1. The highest BCUT2D eigenvalue weighted by molar-refractivity contribution is 5.75. The summed E-state index contributed by atoms with van der Waals surface area (Å²) in [6, 6.07) is 10.6. The summed E-state index contributed by atoms with van der Waals surface area (Å²) in [5.41, 5.74) is 4.76. The predicted octanol–water partition coefficient (Wildman–Crippen LogP) is 2.47. The van der Waals surface area contributed by atoms with Gasteiger partial charge >= 0.3 is 0 Å². The monoisotopic (exact) mass is 417 g/mol. The van der Waals surface area contributed by atoms with Gasteiger partial charge in [-0.2, -0.15) is 9.89 Å². The van der Waals surface area contributed by atoms with Crippen LogP contribution in [0.25, 0.3) is 22.1 Å². The van der Waals surface area contributed by atoms with Crippen LogP contribution in [0.5, 0.6) is 0 Å². The zero-order valence-electron chi connectivity index (χ0n) is 18.3. The van der Waals surface area contributed by atoms with Gasteiger partial charge in [0.05, 0.1) is 35.3 Å². The summed E-state index contributed by atoms with van der Waals surface area (Å²) in [6.07, 6.45) is 5.43. The molecule has 1 aliphatic heterocycles. The number of piperazine rings is 1. The van der Waals surface area contributed by atoms with Gasteiger partial charge in [-0.1, -0.05) is 6.07 Å². The number of aryl methyl sites for hydroxylation is 1. The molecule has 31 heavy (non-hydrogen) atoms. The van der Waals surface area contributed by atoms with E-state index in [4.69, 9.17) is 5.10 Å². The van der Waals surface area contributed by atoms with Gasteiger partial charge in [0.1, 0.15) is 5.52 Å². The molecule has 0 radical (unpaired) electrons. The first-order chi connectivity index (χ1) is 14.9. The van der Waals surface area contributed by atoms with Gasteiger partial charge in [0.2, 0.25) is 0 Å². The minimum Gasteiger partial charge on any atom is -0.308 e. The van der Waals surface area contributed by atoms with E-state index >= 15 is 0 Å². The van der Waals surface area contributed by atoms with Gasteiger partial charge in [-0.15, -0.1) is 0 Å². The summed E-state index contributed by atoms with van der Waals surface area (Å²) in [6.45, 7) is 8.50. The average molecular weight is 418 g/mol. The summed E-state index contributed by atoms with van der Waals surface area (Å²) in [4.78, 5) is 25.3. The quantitative estimate of drug-likeness (QED) is 0.510. The van der Waals surface area contributed by atoms with E-state index in [1.54, 1.807) is 36.1 Å². The average Bonchev–Trinajstić information content (AvgIpc) is 3.21. The van der Waals surface area contributed by atoms with Crippen LogP contribution in [0.1, 0.15) is 32.4 Å². The molecule has 4 aromatic rings. The largest absolute Gasteiger partial charge is 0.308 e. The van der Waals surface area contributed by atoms with Crippen LogP contribution < -0.4 is 10.6 Å². The van der Waals surface area contributed by atoms with Crippen molar-refractivity contribution in [2.24, 2.45) is 7.05 Å². The SMILES string of the molecule is CC(c1ccc2nccnc2c1)N1C[C@H](C)N(n2cc3c(ccc(=O)n3C)n2)C[C@H]1C. The van der Waals surface area contributed by atoms with Crippen molar-refractivity contribution in [2.75, 3.05) is 18.1 Å². The third-order valence-electron chi connectivity index (χ3n) is 6.52. The predicted molar refractivity (Wildman–Crippen MR) is 122 cm³/mol. The summed E-state index contributed by atoms with van der Waals surface area (Å²) in [5, 5.41) is 7.02. The van der Waals surface area contributed by atoms with Gasteiger partial charge in [-0.25, -0.2) is 0 Å². The van der Waals surface area contributed by atoms with Crippen LogP contribution in [0.4, 0.5) is 0 Å². The van der Waals surface area contributed by atoms with Gasteiger partial charge in [0.15, 0.2) is 0 Å². The number of nitrogens with zero attached hydrogens (tertiary/aromatic N) is 7. The maximum atomic E-state index is 12.0. The molecule has 3 atom stereocenters. The first-order valence-corrected chi connectivity index (χ1v) is 10.7. The second-order valence-corrected chi connectivity index (χ2v) is 8.55. The van der Waals surface area contributed by atoms with Crippen molar-refractivity contribution >= 4 is 22.1 Å². The molecule has 5 rings (SSSR count). The Morgan fingerprint density at radius 3 is 2.52 bits per heavy atom. The van der Waals surface area contributed by atoms with E-state index in [1.807, 2.05) is 11.0 Å². The molecule has 0 amide bonds. The fraction of sp³-hybridized carbons (Fsp3) is 0.391. The van der Waals surface area contributed by atoms with Crippen molar-refractivity contribution in [1.82, 2.24) is 29.3 Å². The lowest BCUT2D eigenvalue weighted by Crippen LogP contribution is -2.60. The van der Waals surface area contributed by atoms with E-state index in [-0.39, 0.29) is 17.6 Å². The van der Waals surface area contributed by atoms with Crippen LogP contribution in [-0.2, 0) is 7.05 Å². The second-order valence-electron chi connectivity index (χ2n) is 8.55. The summed E-state index contributed by atoms with van der Waals surface area (Å²) in [7, 11) is 1.79. The molecular weight excluding hydrogens is 390 g/mol. The van der Waals surface area contributed by atoms with Gasteiger partial charge in [-0.05, 0) is 44.5 Å². The van der Waals surface area contributed by atoms with Gasteiger partial charge in [0, 0.05) is 44.1 Å². The molecule has 0 spiro atoms. The minimum absolute atomic E-state index is 0.0211. The lowest BCUT2D eigenvalue weighted by Gasteiger charge is -2.47. The summed E-state index contributed by atoms with van der Waals surface area (Å²) < 4.78 is 1.65. The Bertz CT molecular complexity index is 1310. The lowest BCUT2D eigenvalue weighted by atomic mass is 10.0. The number of rotatable bonds is 3. The molecule has 1 aromatic carbocycles. The topological polar surface area (TPSA) is 72.1 Å². The first-order valence-electron chi connectivity index (χ1n) is 10.7. The highest BCUT2D eigenvalue weighted by atomic mass is 16.1. The van der Waals surface area contributed by atoms with Crippen LogP contribution >= 0.6 is 0 Å². The third kappa shape index (κ3) is 3.37. The molecule has 1 fully saturated rings. The van der Waals surface area contributed by atoms with Crippen molar-refractivity contribution in [1.29, 1.82) is 0 Å². The molecule has 0 bridgehead atoms. The molecule has 8 heteroatoms. The number of benzene rings is 1. The zero-order chi connectivity index (χ0) is 21.7. The summed E-state index contributed by atoms with van der Waals surface area (Å²) in [5.74, 6) is 0. The van der Waals surface area contributed by atoms with Crippen LogP contribution in [-0.4, -0.2) is 54.5 Å². The van der Waals surface area contributed by atoms with Gasteiger partial charge in [0.25, 0.3) is 5.56 Å². The van der Waals surface area contributed by atoms with E-state index in [0.29, 0.717) is 6.04 Å². The third-order valence-corrected chi connectivity index (χ3v) is 6.52. The Hall–Kier alpha value is -3.26. The van der Waals surface area contributed by atoms with Crippen molar-refractivity contribution in [3.05, 3.63) is 64.8 Å². The molecule has 0 saturated carbocycles. The number of hydrogen-bond donors (Lipinski definition) is 0. The van der Waals surface area contributed by atoms with Gasteiger partial charge in [-0.3, -0.25) is 24.7 Å². The van der Waals surface area contributed by atoms with Crippen molar-refractivity contribution < 1.29 is 0 Å². The highest BCUT2D eigenvalue weighted by Gasteiger charge is 2.33. The Morgan fingerprint density at radius 1 is 0.968 bits per heavy atom. The van der Waals surface area contributed by atoms with E-state index in [9.17, 15) is 4.79 Å². The molecule has 0 aliphatic carbocycles. The number of fused-ring (bicyclic) bond motifs is 2. The van der Waals surface area contributed by atoms with Crippen LogP contribution in [0.3, 0.4) is 0 Å². The van der Waals surface area contributed by atoms with Crippen molar-refractivity contribution in [3.8, 4) is 0 Å². The smallest absolute Gasteiger partial charge is 0.250 e. The Morgan fingerprint density at radius 2 is 1.71 bits per heavy atom. The summed E-state index contributed by atoms with van der Waals surface area (Å²) >= 11 is 0. The molecule has 0 N–H and O–H groups in total. The molecule has 4 heterocycles. The molecule has 1 unspecified atom stereocenters. The Balaban J connectivity index is 1.40. The van der Waals surface area contributed by atoms with Crippen molar-refractivity contribution in [2.45, 2.75) is 38.9 Å². The maximum Gasteiger partial charge on any atom is 0.250 e. The highest BCUT2D eigenvalue weighted by Crippen LogP contribution is 2.28. The standard InChI is InChI=1S/C23H27N7O/c1-15-13-29(30-14-22-20(26-30)7-8-23(31)27(22)4)16(2)12-28(15)17(3)18-5-6-19-21(11-18)25-10-9-24-19/h5-11,14-17H,12-13H2,1-4H3/t15-,16+,17?/m1/s1. The van der Waals surface area contributed by atoms with E-state index in [2.05, 4.69) is 58.8 Å². The fourth-order valence-electron chi connectivity index (χ4n) is 4.65. The lowest BCUT2D eigenvalue weighted by molar-refractivity contribution is 0.103. The Labute approximate surface area is 180 Å². The molecule has 160 valence electrons. The molecule has 8 nitrogen and oxygen atoms in total. The van der Waals surface area contributed by atoms with Crippen molar-refractivity contribution in [3.63, 3.8) is 0 Å². The zero-order valence-corrected chi connectivity index (χ0v) is 18.3. The fourth-order valence-corrected chi connectivity index (χ4v) is 4.65. The second kappa shape index (κ2) is 7.46. The number of aromatic nitrogens is 5. The maximum absolute atomic E-state index is 12.0.